The Bertz CT molecular complexity index is 2270. The summed E-state index contributed by atoms with van der Waals surface area (Å²) in [7, 11) is -16.4. The fourth-order valence-corrected chi connectivity index (χ4v) is 9.67. The number of hydrogen-bond donors (Lipinski definition) is 9. The van der Waals surface area contributed by atoms with E-state index in [1.54, 1.807) is 0 Å². The van der Waals surface area contributed by atoms with E-state index in [1.165, 1.54) is 33.1 Å². The van der Waals surface area contributed by atoms with Crippen molar-refractivity contribution >= 4 is 69.1 Å². The Morgan fingerprint density at radius 1 is 0.899 bits per heavy atom. The van der Waals surface area contributed by atoms with Gasteiger partial charge in [-0.05, 0) is 32.1 Å². The number of thioether (sulfide) groups is 1. The van der Waals surface area contributed by atoms with Crippen LogP contribution >= 0.6 is 35.2 Å². The fraction of sp³-hybridized carbons (Fsp3) is 0.561. The third-order valence-electron chi connectivity index (χ3n) is 9.76. The summed E-state index contributed by atoms with van der Waals surface area (Å²) >= 11 is 1.11. The number of aliphatic hydroxyl groups is 2. The summed E-state index contributed by atoms with van der Waals surface area (Å²) in [5.41, 5.74) is 4.27. The summed E-state index contributed by atoms with van der Waals surface area (Å²) in [6.45, 7) is 2.69. The van der Waals surface area contributed by atoms with E-state index in [2.05, 4.69) is 53.5 Å². The first kappa shape index (κ1) is 59.6. The Morgan fingerprint density at radius 2 is 1.58 bits per heavy atom. The monoisotopic (exact) mass is 1050 g/mol. The number of aromatic nitrogens is 4. The molecular weight excluding hydrogens is 987 g/mol. The van der Waals surface area contributed by atoms with Gasteiger partial charge in [-0.25, -0.2) is 28.6 Å². The number of ether oxygens (including phenoxy) is 1. The molecule has 0 saturated carbocycles. The molecule has 2 aromatic rings. The fourth-order valence-electron chi connectivity index (χ4n) is 6.12. The maximum Gasteiger partial charge on any atom is 0.481 e. The lowest BCUT2D eigenvalue weighted by atomic mass is 9.87. The molecule has 28 heteroatoms. The highest BCUT2D eigenvalue weighted by Gasteiger charge is 2.50. The van der Waals surface area contributed by atoms with E-state index in [-0.39, 0.29) is 41.6 Å². The smallest absolute Gasteiger partial charge is 0.386 e. The van der Waals surface area contributed by atoms with Crippen molar-refractivity contribution in [3.8, 4) is 0 Å². The molecule has 24 nitrogen and oxygen atoms in total. The molecule has 1 saturated heterocycles. The molecule has 2 amide bonds. The number of anilines is 1. The number of unbranched alkanes of at least 4 members (excludes halogenated alkanes) is 4. The summed E-state index contributed by atoms with van der Waals surface area (Å²) in [6, 6.07) is 0. The van der Waals surface area contributed by atoms with Crippen LogP contribution < -0.4 is 16.4 Å². The predicted molar refractivity (Wildman–Crippen MR) is 255 cm³/mol. The average molecular weight is 1050 g/mol. The lowest BCUT2D eigenvalue weighted by Gasteiger charge is -2.30. The minimum Gasteiger partial charge on any atom is -0.386 e. The van der Waals surface area contributed by atoms with Gasteiger partial charge in [0.05, 0.1) is 19.5 Å². The zero-order chi connectivity index (χ0) is 51.1. The van der Waals surface area contributed by atoms with Crippen molar-refractivity contribution in [3.63, 3.8) is 0 Å². The van der Waals surface area contributed by atoms with Crippen molar-refractivity contribution in [3.05, 3.63) is 73.4 Å². The zero-order valence-corrected chi connectivity index (χ0v) is 42.0. The number of nitrogens with zero attached hydrogens (tertiary/aromatic N) is 4. The van der Waals surface area contributed by atoms with E-state index in [0.717, 1.165) is 48.2 Å². The van der Waals surface area contributed by atoms with E-state index in [1.807, 2.05) is 48.6 Å². The van der Waals surface area contributed by atoms with Gasteiger partial charge < -0.3 is 50.9 Å². The van der Waals surface area contributed by atoms with E-state index in [0.29, 0.717) is 18.6 Å². The normalized spacial score (nSPS) is 20.4. The molecular formula is C41H64N7O17P3S. The van der Waals surface area contributed by atoms with Crippen molar-refractivity contribution in [2.45, 2.75) is 109 Å². The van der Waals surface area contributed by atoms with Crippen LogP contribution in [0.4, 0.5) is 5.82 Å². The van der Waals surface area contributed by atoms with Crippen LogP contribution in [0.15, 0.2) is 73.4 Å². The number of carbonyl (C=O) groups is 3. The van der Waals surface area contributed by atoms with Crippen LogP contribution in [0.5, 0.6) is 0 Å². The number of allylic oxidation sites excluding steroid dienone is 10. The van der Waals surface area contributed by atoms with Crippen molar-refractivity contribution in [2.24, 2.45) is 5.41 Å². The van der Waals surface area contributed by atoms with Gasteiger partial charge in [0.25, 0.3) is 0 Å². The largest absolute Gasteiger partial charge is 0.481 e. The second kappa shape index (κ2) is 29.6. The number of hydrogen-bond acceptors (Lipinski definition) is 18. The first-order chi connectivity index (χ1) is 32.6. The molecule has 1 aliphatic rings. The van der Waals surface area contributed by atoms with Gasteiger partial charge >= 0.3 is 23.5 Å². The van der Waals surface area contributed by atoms with Crippen LogP contribution in [-0.4, -0.2) is 123 Å². The molecule has 1 aliphatic heterocycles. The van der Waals surface area contributed by atoms with E-state index in [4.69, 9.17) is 19.5 Å². The molecule has 2 aromatic heterocycles. The van der Waals surface area contributed by atoms with Crippen LogP contribution in [-0.2, 0) is 50.7 Å². The molecule has 0 spiro atoms. The molecule has 7 atom stereocenters. The molecule has 0 bridgehead atoms. The quantitative estimate of drug-likeness (QED) is 0.0209. The topological polar surface area (TPSA) is 364 Å². The Morgan fingerprint density at radius 3 is 2.29 bits per heavy atom. The van der Waals surface area contributed by atoms with Crippen molar-refractivity contribution < 1.29 is 80.5 Å². The van der Waals surface area contributed by atoms with Gasteiger partial charge in [0.1, 0.15) is 36.3 Å². The Labute approximate surface area is 404 Å². The third-order valence-corrected chi connectivity index (χ3v) is 13.8. The number of nitrogen functional groups attached to an aromatic ring is 1. The van der Waals surface area contributed by atoms with E-state index < -0.39 is 84.6 Å². The number of fused-ring (bicyclic) bond motifs is 1. The molecule has 1 fully saturated rings. The minimum atomic E-state index is -5.58. The van der Waals surface area contributed by atoms with Crippen molar-refractivity contribution in [2.75, 3.05) is 37.8 Å². The average Bonchev–Trinajstić information content (AvgIpc) is 3.84. The predicted octanol–water partition coefficient (Wildman–Crippen LogP) is 4.59. The van der Waals surface area contributed by atoms with Crippen molar-refractivity contribution in [1.29, 1.82) is 0 Å². The molecule has 0 aliphatic carbocycles. The number of rotatable bonds is 32. The van der Waals surface area contributed by atoms with Crippen LogP contribution in [0.25, 0.3) is 11.2 Å². The third kappa shape index (κ3) is 22.5. The lowest BCUT2D eigenvalue weighted by molar-refractivity contribution is -0.137. The number of carbonyl (C=O) groups excluding carboxylic acids is 3. The maximum absolute atomic E-state index is 12.7. The number of nitrogens with one attached hydrogen (secondary N) is 2. The van der Waals surface area contributed by atoms with Crippen LogP contribution in [0.1, 0.15) is 84.8 Å². The minimum absolute atomic E-state index is 0.00322. The molecule has 7 unspecified atom stereocenters. The zero-order valence-electron chi connectivity index (χ0n) is 38.5. The highest BCUT2D eigenvalue weighted by molar-refractivity contribution is 8.13. The standard InChI is InChI=1S/C41H64N7O17P3S/c1-4-5-6-7-8-9-10-11-12-13-14-15-16-17-18-19-20-21-32(50)69-25-24-43-31(49)22-23-44-39(53)36(52)41(2,3)27-62-68(59,60)65-67(57,58)61-26-30-35(64-66(54,55)56)34(51)40(63-30)48-29-47-33-37(42)45-28-46-38(33)48/h8-15,17-18,28-30,34-36,40,51-52H,4-7,16,19-27H2,1-3H3,(H,43,49)(H,44,53)(H,57,58)(H,59,60)(H2,42,45,46)(H2,54,55,56)/b9-8+,11-10+,13-12+,15-14+,18-17+. The molecule has 3 heterocycles. The van der Waals surface area contributed by atoms with Crippen molar-refractivity contribution in [1.82, 2.24) is 30.2 Å². The lowest BCUT2D eigenvalue weighted by Crippen LogP contribution is -2.46. The molecule has 386 valence electrons. The van der Waals surface area contributed by atoms with Gasteiger partial charge in [-0.2, -0.15) is 4.31 Å². The van der Waals surface area contributed by atoms with Crippen LogP contribution in [0.2, 0.25) is 0 Å². The Balaban J connectivity index is 1.31. The summed E-state index contributed by atoms with van der Waals surface area (Å²) in [5.74, 6) is -1.10. The number of nitrogens with two attached hydrogens (primary N) is 1. The van der Waals surface area contributed by atoms with Crippen LogP contribution in [0, 0.1) is 5.41 Å². The molecule has 0 aromatic carbocycles. The van der Waals surface area contributed by atoms with E-state index in [9.17, 15) is 57.9 Å². The molecule has 69 heavy (non-hydrogen) atoms. The number of imidazole rings is 1. The Hall–Kier alpha value is -3.74. The number of amides is 2. The van der Waals surface area contributed by atoms with Gasteiger partial charge in [-0.15, -0.1) is 0 Å². The second-order valence-electron chi connectivity index (χ2n) is 16.0. The van der Waals surface area contributed by atoms with Gasteiger partial charge in [-0.3, -0.25) is 32.5 Å². The Kier molecular flexibility index (Phi) is 25.5. The summed E-state index contributed by atoms with van der Waals surface area (Å²) < 4.78 is 62.4. The molecule has 3 rings (SSSR count). The number of phosphoric acid groups is 3. The van der Waals surface area contributed by atoms with E-state index >= 15 is 0 Å². The first-order valence-corrected chi connectivity index (χ1v) is 27.4. The number of phosphoric ester groups is 3. The molecule has 0 radical (unpaired) electrons. The number of aliphatic hydroxyl groups excluding tert-OH is 2. The summed E-state index contributed by atoms with van der Waals surface area (Å²) in [4.78, 5) is 88.3. The van der Waals surface area contributed by atoms with Gasteiger partial charge in [0.15, 0.2) is 22.8 Å². The maximum atomic E-state index is 12.7. The van der Waals surface area contributed by atoms with Gasteiger partial charge in [0.2, 0.25) is 11.8 Å². The highest BCUT2D eigenvalue weighted by Crippen LogP contribution is 2.61. The SMILES string of the molecule is CCCCC/C=C/C=C/C=C/C=C/C/C=C/CCCC(=O)SCCNC(=O)CCNC(=O)C(O)C(C)(C)COP(=O)(O)OP(=O)(O)OCC1OC(n2cnc3c(N)ncnc32)C(O)C1OP(=O)(O)O. The van der Waals surface area contributed by atoms with Crippen LogP contribution in [0.3, 0.4) is 0 Å². The van der Waals surface area contributed by atoms with Gasteiger partial charge in [0, 0.05) is 37.1 Å². The summed E-state index contributed by atoms with van der Waals surface area (Å²) in [6.07, 6.45) is 20.8. The summed E-state index contributed by atoms with van der Waals surface area (Å²) in [5, 5.41) is 26.6. The second-order valence-corrected chi connectivity index (χ2v) is 21.4. The molecule has 10 N–H and O–H groups in total. The highest BCUT2D eigenvalue weighted by atomic mass is 32.2. The first-order valence-electron chi connectivity index (χ1n) is 21.9. The van der Waals surface area contributed by atoms with Gasteiger partial charge in [-0.1, -0.05) is 106 Å².